The van der Waals surface area contributed by atoms with Crippen molar-refractivity contribution in [1.82, 2.24) is 9.29 Å². The molecule has 0 aromatic carbocycles. The van der Waals surface area contributed by atoms with Crippen molar-refractivity contribution < 1.29 is 17.9 Å². The smallest absolute Gasteiger partial charge is 0.413 e. The van der Waals surface area contributed by atoms with Gasteiger partial charge in [0.15, 0.2) is 5.13 Å². The standard InChI is InChI=1S/C11H17N3O4S2/c1-3-6-20(16,17)14-5-4-8-9(7-14)19-10(12-8)13-11(15)18-2/h3-7H2,1-2H3,(H,12,13,15). The number of fused-ring (bicyclic) bond motifs is 1. The number of methoxy groups -OCH3 is 1. The molecule has 0 unspecified atom stereocenters. The molecule has 0 bridgehead atoms. The molecule has 1 aromatic heterocycles. The van der Waals surface area contributed by atoms with Gasteiger partial charge in [-0.25, -0.2) is 18.2 Å². The molecule has 7 nitrogen and oxygen atoms in total. The molecule has 1 aliphatic heterocycles. The maximum absolute atomic E-state index is 12.0. The fourth-order valence-corrected chi connectivity index (χ4v) is 4.55. The van der Waals surface area contributed by atoms with Gasteiger partial charge in [0.05, 0.1) is 18.6 Å². The van der Waals surface area contributed by atoms with Gasteiger partial charge in [-0.05, 0) is 6.42 Å². The summed E-state index contributed by atoms with van der Waals surface area (Å²) in [5.74, 6) is 0.161. The van der Waals surface area contributed by atoms with E-state index in [-0.39, 0.29) is 5.75 Å². The van der Waals surface area contributed by atoms with Gasteiger partial charge in [-0.3, -0.25) is 5.32 Å². The number of sulfonamides is 1. The van der Waals surface area contributed by atoms with Crippen LogP contribution in [0.2, 0.25) is 0 Å². The van der Waals surface area contributed by atoms with Crippen molar-refractivity contribution in [3.63, 3.8) is 0 Å². The van der Waals surface area contributed by atoms with Crippen molar-refractivity contribution in [2.24, 2.45) is 0 Å². The predicted octanol–water partition coefficient (Wildman–Crippen LogP) is 1.42. The second-order valence-corrected chi connectivity index (χ2v) is 7.58. The number of carbonyl (C=O) groups excluding carboxylic acids is 1. The summed E-state index contributed by atoms with van der Waals surface area (Å²) in [7, 11) is -1.91. The molecular weight excluding hydrogens is 302 g/mol. The van der Waals surface area contributed by atoms with E-state index in [0.717, 1.165) is 10.6 Å². The zero-order valence-electron chi connectivity index (χ0n) is 11.4. The fraction of sp³-hybridized carbons (Fsp3) is 0.636. The highest BCUT2D eigenvalue weighted by Gasteiger charge is 2.28. The zero-order valence-corrected chi connectivity index (χ0v) is 13.0. The van der Waals surface area contributed by atoms with Crippen molar-refractivity contribution in [3.8, 4) is 0 Å². The Balaban J connectivity index is 2.12. The summed E-state index contributed by atoms with van der Waals surface area (Å²) >= 11 is 1.29. The van der Waals surface area contributed by atoms with Crippen LogP contribution in [0.4, 0.5) is 9.93 Å². The summed E-state index contributed by atoms with van der Waals surface area (Å²) in [6.45, 7) is 2.62. The minimum Gasteiger partial charge on any atom is -0.453 e. The Hall–Kier alpha value is -1.19. The average Bonchev–Trinajstić information content (AvgIpc) is 2.79. The molecule has 0 spiro atoms. The molecule has 0 radical (unpaired) electrons. The number of thiazole rings is 1. The van der Waals surface area contributed by atoms with E-state index in [9.17, 15) is 13.2 Å². The van der Waals surface area contributed by atoms with Crippen LogP contribution in [-0.4, -0.2) is 43.2 Å². The van der Waals surface area contributed by atoms with E-state index < -0.39 is 16.1 Å². The Bertz CT molecular complexity index is 597. The minimum atomic E-state index is -3.19. The molecule has 1 aromatic rings. The van der Waals surface area contributed by atoms with E-state index in [1.807, 2.05) is 6.92 Å². The van der Waals surface area contributed by atoms with E-state index >= 15 is 0 Å². The first-order valence-electron chi connectivity index (χ1n) is 6.27. The van der Waals surface area contributed by atoms with Crippen LogP contribution in [0.5, 0.6) is 0 Å². The monoisotopic (exact) mass is 319 g/mol. The number of hydrogen-bond donors (Lipinski definition) is 1. The molecule has 0 atom stereocenters. The summed E-state index contributed by atoms with van der Waals surface area (Å²) in [4.78, 5) is 16.3. The Labute approximate surface area is 122 Å². The summed E-state index contributed by atoms with van der Waals surface area (Å²) < 4.78 is 30.1. The molecule has 2 heterocycles. The Morgan fingerprint density at radius 1 is 1.55 bits per heavy atom. The lowest BCUT2D eigenvalue weighted by atomic mass is 10.2. The van der Waals surface area contributed by atoms with Crippen molar-refractivity contribution >= 4 is 32.6 Å². The Morgan fingerprint density at radius 2 is 2.30 bits per heavy atom. The lowest BCUT2D eigenvalue weighted by molar-refractivity contribution is 0.187. The topological polar surface area (TPSA) is 88.6 Å². The van der Waals surface area contributed by atoms with Gasteiger partial charge in [0.25, 0.3) is 0 Å². The molecule has 1 amide bonds. The number of hydrogen-bond acceptors (Lipinski definition) is 6. The largest absolute Gasteiger partial charge is 0.453 e. The van der Waals surface area contributed by atoms with E-state index in [1.165, 1.54) is 22.8 Å². The Kier molecular flexibility index (Phi) is 4.61. The SMILES string of the molecule is CCCS(=O)(=O)N1CCc2nc(NC(=O)OC)sc2C1. The van der Waals surface area contributed by atoms with Gasteiger partial charge in [0, 0.05) is 24.4 Å². The van der Waals surface area contributed by atoms with Gasteiger partial charge < -0.3 is 4.74 Å². The van der Waals surface area contributed by atoms with Crippen LogP contribution in [0.25, 0.3) is 0 Å². The molecule has 1 N–H and O–H groups in total. The molecule has 0 saturated heterocycles. The first-order valence-corrected chi connectivity index (χ1v) is 8.70. The maximum Gasteiger partial charge on any atom is 0.413 e. The van der Waals surface area contributed by atoms with E-state index in [4.69, 9.17) is 0 Å². The molecule has 0 saturated carbocycles. The third-order valence-electron chi connectivity index (χ3n) is 2.95. The van der Waals surface area contributed by atoms with E-state index in [2.05, 4.69) is 15.0 Å². The molecule has 0 aliphatic carbocycles. The van der Waals surface area contributed by atoms with Crippen molar-refractivity contribution in [1.29, 1.82) is 0 Å². The third kappa shape index (κ3) is 3.28. The van der Waals surface area contributed by atoms with E-state index in [1.54, 1.807) is 0 Å². The summed E-state index contributed by atoms with van der Waals surface area (Å²) in [5.41, 5.74) is 0.851. The lowest BCUT2D eigenvalue weighted by Gasteiger charge is -2.25. The van der Waals surface area contributed by atoms with Gasteiger partial charge in [0.1, 0.15) is 0 Å². The van der Waals surface area contributed by atoms with Crippen molar-refractivity contribution in [2.45, 2.75) is 26.3 Å². The van der Waals surface area contributed by atoms with Gasteiger partial charge in [-0.15, -0.1) is 0 Å². The molecule has 9 heteroatoms. The summed E-state index contributed by atoms with van der Waals surface area (Å²) in [5, 5.41) is 2.95. The van der Waals surface area contributed by atoms with Crippen LogP contribution in [-0.2, 0) is 27.7 Å². The second kappa shape index (κ2) is 6.06. The number of aromatic nitrogens is 1. The molecular formula is C11H17N3O4S2. The number of nitrogens with one attached hydrogen (secondary N) is 1. The van der Waals surface area contributed by atoms with Gasteiger partial charge in [-0.2, -0.15) is 4.31 Å². The minimum absolute atomic E-state index is 0.161. The Morgan fingerprint density at radius 3 is 2.95 bits per heavy atom. The number of anilines is 1. The maximum atomic E-state index is 12.0. The fourth-order valence-electron chi connectivity index (χ4n) is 1.99. The number of nitrogens with zero attached hydrogens (tertiary/aromatic N) is 2. The second-order valence-electron chi connectivity index (χ2n) is 4.41. The van der Waals surface area contributed by atoms with Gasteiger partial charge >= 0.3 is 6.09 Å². The summed E-state index contributed by atoms with van der Waals surface area (Å²) in [6.07, 6.45) is 0.591. The number of ether oxygens (including phenoxy) is 1. The van der Waals surface area contributed by atoms with Crippen LogP contribution in [0, 0.1) is 0 Å². The lowest BCUT2D eigenvalue weighted by Crippen LogP contribution is -2.36. The number of rotatable bonds is 4. The molecule has 0 fully saturated rings. The first-order chi connectivity index (χ1) is 9.46. The first kappa shape index (κ1) is 15.2. The van der Waals surface area contributed by atoms with Crippen LogP contribution < -0.4 is 5.32 Å². The highest BCUT2D eigenvalue weighted by Crippen LogP contribution is 2.29. The quantitative estimate of drug-likeness (QED) is 0.906. The van der Waals surface area contributed by atoms with Crippen LogP contribution in [0.1, 0.15) is 23.9 Å². The van der Waals surface area contributed by atoms with Gasteiger partial charge in [0.2, 0.25) is 10.0 Å². The molecule has 112 valence electrons. The molecule has 1 aliphatic rings. The zero-order chi connectivity index (χ0) is 14.8. The van der Waals surface area contributed by atoms with Gasteiger partial charge in [-0.1, -0.05) is 18.3 Å². The number of amides is 1. The van der Waals surface area contributed by atoms with Crippen molar-refractivity contribution in [3.05, 3.63) is 10.6 Å². The van der Waals surface area contributed by atoms with Crippen molar-refractivity contribution in [2.75, 3.05) is 24.7 Å². The number of carbonyl (C=O) groups is 1. The average molecular weight is 319 g/mol. The van der Waals surface area contributed by atoms with Crippen LogP contribution in [0.15, 0.2) is 0 Å². The van der Waals surface area contributed by atoms with Crippen LogP contribution >= 0.6 is 11.3 Å². The molecule has 2 rings (SSSR count). The van der Waals surface area contributed by atoms with E-state index in [0.29, 0.717) is 31.1 Å². The summed E-state index contributed by atoms with van der Waals surface area (Å²) in [6, 6.07) is 0. The molecule has 20 heavy (non-hydrogen) atoms. The highest BCUT2D eigenvalue weighted by molar-refractivity contribution is 7.89. The highest BCUT2D eigenvalue weighted by atomic mass is 32.2. The normalized spacial score (nSPS) is 15.7. The third-order valence-corrected chi connectivity index (χ3v) is 5.97. The predicted molar refractivity (Wildman–Crippen MR) is 76.3 cm³/mol. The van der Waals surface area contributed by atoms with Crippen LogP contribution in [0.3, 0.4) is 0 Å².